The zero-order valence-corrected chi connectivity index (χ0v) is 9.49. The van der Waals surface area contributed by atoms with Gasteiger partial charge in [0, 0.05) is 13.5 Å². The van der Waals surface area contributed by atoms with Crippen LogP contribution in [0.25, 0.3) is 6.08 Å². The lowest BCUT2D eigenvalue weighted by atomic mass is 10.4. The van der Waals surface area contributed by atoms with Crippen molar-refractivity contribution in [3.05, 3.63) is 27.4 Å². The summed E-state index contributed by atoms with van der Waals surface area (Å²) in [6, 6.07) is 0. The average Bonchev–Trinajstić information content (AvgIpc) is 2.65. The largest absolute Gasteiger partial charge is 0.356 e. The minimum Gasteiger partial charge on any atom is -0.356 e. The Labute approximate surface area is 96.2 Å². The smallest absolute Gasteiger partial charge is 0.344 e. The molecule has 1 rings (SSSR count). The molecule has 0 unspecified atom stereocenters. The zero-order chi connectivity index (χ0) is 12.0. The van der Waals surface area contributed by atoms with E-state index in [1.54, 1.807) is 6.08 Å². The van der Waals surface area contributed by atoms with Gasteiger partial charge in [0.1, 0.15) is 11.2 Å². The van der Waals surface area contributed by atoms with E-state index in [4.69, 9.17) is 0 Å². The van der Waals surface area contributed by atoms with Crippen molar-refractivity contribution < 1.29 is 9.72 Å². The summed E-state index contributed by atoms with van der Waals surface area (Å²) < 4.78 is 0. The number of hydrogen-bond acceptors (Lipinski definition) is 5. The molecule has 1 heterocycles. The molecule has 1 aromatic heterocycles. The van der Waals surface area contributed by atoms with E-state index in [1.807, 2.05) is 6.08 Å². The molecular formula is C9H11N3O3S. The van der Waals surface area contributed by atoms with Crippen LogP contribution >= 0.6 is 11.3 Å². The fraction of sp³-hybridized carbons (Fsp3) is 0.333. The number of nitrogens with zero attached hydrogens (tertiary/aromatic N) is 2. The van der Waals surface area contributed by atoms with Gasteiger partial charge in [0.15, 0.2) is 0 Å². The van der Waals surface area contributed by atoms with E-state index in [9.17, 15) is 14.9 Å². The molecule has 0 bridgehead atoms. The first kappa shape index (κ1) is 12.3. The standard InChI is InChI=1S/C9H11N3O3S/c1-7(13)10-5-3-2-4-8-11-6-9(16-8)12(14)15/h2,4,6H,3,5H2,1H3,(H,10,13). The Balaban J connectivity index is 2.38. The number of rotatable bonds is 5. The molecule has 0 aliphatic heterocycles. The van der Waals surface area contributed by atoms with Gasteiger partial charge in [-0.15, -0.1) is 0 Å². The summed E-state index contributed by atoms with van der Waals surface area (Å²) in [6.45, 7) is 2.01. The molecule has 7 heteroatoms. The highest BCUT2D eigenvalue weighted by molar-refractivity contribution is 7.15. The van der Waals surface area contributed by atoms with Crippen molar-refractivity contribution in [2.45, 2.75) is 13.3 Å². The quantitative estimate of drug-likeness (QED) is 0.482. The van der Waals surface area contributed by atoms with E-state index in [0.717, 1.165) is 11.3 Å². The molecule has 1 N–H and O–H groups in total. The molecule has 86 valence electrons. The van der Waals surface area contributed by atoms with Crippen molar-refractivity contribution in [2.24, 2.45) is 0 Å². The van der Waals surface area contributed by atoms with Crippen LogP contribution in [-0.4, -0.2) is 22.4 Å². The number of hydrogen-bond donors (Lipinski definition) is 1. The third kappa shape index (κ3) is 4.18. The normalized spacial score (nSPS) is 10.6. The Morgan fingerprint density at radius 2 is 2.50 bits per heavy atom. The van der Waals surface area contributed by atoms with Gasteiger partial charge in [-0.1, -0.05) is 6.08 Å². The number of carbonyl (C=O) groups excluding carboxylic acids is 1. The maximum Gasteiger partial charge on any atom is 0.344 e. The average molecular weight is 241 g/mol. The van der Waals surface area contributed by atoms with Crippen LogP contribution in [0.15, 0.2) is 12.3 Å². The lowest BCUT2D eigenvalue weighted by Crippen LogP contribution is -2.20. The van der Waals surface area contributed by atoms with Crippen LogP contribution in [0.3, 0.4) is 0 Å². The SMILES string of the molecule is CC(=O)NCCC=Cc1ncc([N+](=O)[O-])s1. The summed E-state index contributed by atoms with van der Waals surface area (Å²) in [4.78, 5) is 24.3. The molecule has 0 saturated heterocycles. The van der Waals surface area contributed by atoms with E-state index in [-0.39, 0.29) is 10.9 Å². The van der Waals surface area contributed by atoms with Crippen molar-refractivity contribution in [3.8, 4) is 0 Å². The van der Waals surface area contributed by atoms with Crippen molar-refractivity contribution in [1.29, 1.82) is 0 Å². The summed E-state index contributed by atoms with van der Waals surface area (Å²) in [5.41, 5.74) is 0. The van der Waals surface area contributed by atoms with E-state index >= 15 is 0 Å². The first-order chi connectivity index (χ1) is 7.59. The van der Waals surface area contributed by atoms with Crippen LogP contribution in [0.1, 0.15) is 18.4 Å². The third-order valence-electron chi connectivity index (χ3n) is 1.64. The Kier molecular flexibility index (Phi) is 4.59. The number of nitro groups is 1. The zero-order valence-electron chi connectivity index (χ0n) is 8.67. The van der Waals surface area contributed by atoms with Crippen LogP contribution in [0.2, 0.25) is 0 Å². The van der Waals surface area contributed by atoms with Crippen LogP contribution in [0, 0.1) is 10.1 Å². The van der Waals surface area contributed by atoms with Gasteiger partial charge in [0.25, 0.3) is 0 Å². The fourth-order valence-electron chi connectivity index (χ4n) is 0.956. The van der Waals surface area contributed by atoms with E-state index in [1.165, 1.54) is 13.1 Å². The lowest BCUT2D eigenvalue weighted by molar-refractivity contribution is -0.380. The highest BCUT2D eigenvalue weighted by Gasteiger charge is 2.08. The van der Waals surface area contributed by atoms with Crippen molar-refractivity contribution >= 4 is 28.3 Å². The van der Waals surface area contributed by atoms with Gasteiger partial charge >= 0.3 is 5.00 Å². The molecular weight excluding hydrogens is 230 g/mol. The number of thiazole rings is 1. The molecule has 0 atom stereocenters. The van der Waals surface area contributed by atoms with Gasteiger partial charge in [-0.25, -0.2) is 4.98 Å². The second-order valence-corrected chi connectivity index (χ2v) is 4.01. The Hall–Kier alpha value is -1.76. The molecule has 0 fully saturated rings. The molecule has 0 spiro atoms. The van der Waals surface area contributed by atoms with Crippen molar-refractivity contribution in [1.82, 2.24) is 10.3 Å². The molecule has 16 heavy (non-hydrogen) atoms. The molecule has 6 nitrogen and oxygen atoms in total. The van der Waals surface area contributed by atoms with Gasteiger partial charge in [-0.3, -0.25) is 14.9 Å². The van der Waals surface area contributed by atoms with Crippen molar-refractivity contribution in [2.75, 3.05) is 6.54 Å². The van der Waals surface area contributed by atoms with Gasteiger partial charge in [0.2, 0.25) is 5.91 Å². The van der Waals surface area contributed by atoms with E-state index in [0.29, 0.717) is 18.0 Å². The highest BCUT2D eigenvalue weighted by atomic mass is 32.1. The van der Waals surface area contributed by atoms with Gasteiger partial charge in [-0.05, 0) is 23.8 Å². The van der Waals surface area contributed by atoms with Gasteiger partial charge in [0.05, 0.1) is 4.92 Å². The molecule has 0 saturated carbocycles. The molecule has 1 aromatic rings. The van der Waals surface area contributed by atoms with Crippen LogP contribution in [0.4, 0.5) is 5.00 Å². The molecule has 0 radical (unpaired) electrons. The molecule has 0 aliphatic carbocycles. The monoisotopic (exact) mass is 241 g/mol. The van der Waals surface area contributed by atoms with Gasteiger partial charge < -0.3 is 5.32 Å². The molecule has 0 aromatic carbocycles. The summed E-state index contributed by atoms with van der Waals surface area (Å²) in [5.74, 6) is -0.0710. The number of amides is 1. The van der Waals surface area contributed by atoms with E-state index < -0.39 is 4.92 Å². The lowest BCUT2D eigenvalue weighted by Gasteiger charge is -1.95. The summed E-state index contributed by atoms with van der Waals surface area (Å²) in [7, 11) is 0. The number of nitrogens with one attached hydrogen (secondary N) is 1. The predicted molar refractivity (Wildman–Crippen MR) is 61.1 cm³/mol. The first-order valence-corrected chi connectivity index (χ1v) is 5.42. The highest BCUT2D eigenvalue weighted by Crippen LogP contribution is 2.21. The third-order valence-corrected chi connectivity index (χ3v) is 2.55. The summed E-state index contributed by atoms with van der Waals surface area (Å²) in [5, 5.41) is 13.6. The minimum absolute atomic E-state index is 0.0292. The summed E-state index contributed by atoms with van der Waals surface area (Å²) >= 11 is 1.02. The topological polar surface area (TPSA) is 85.1 Å². The van der Waals surface area contributed by atoms with Gasteiger partial charge in [-0.2, -0.15) is 0 Å². The van der Waals surface area contributed by atoms with Crippen LogP contribution in [0.5, 0.6) is 0 Å². The first-order valence-electron chi connectivity index (χ1n) is 4.61. The fourth-order valence-corrected chi connectivity index (χ4v) is 1.62. The number of aromatic nitrogens is 1. The second-order valence-electron chi connectivity index (χ2n) is 2.97. The maximum absolute atomic E-state index is 10.5. The Bertz CT molecular complexity index is 414. The van der Waals surface area contributed by atoms with Crippen molar-refractivity contribution in [3.63, 3.8) is 0 Å². The Morgan fingerprint density at radius 3 is 3.06 bits per heavy atom. The molecule has 1 amide bonds. The Morgan fingerprint density at radius 1 is 1.75 bits per heavy atom. The molecule has 0 aliphatic rings. The van der Waals surface area contributed by atoms with Crippen LogP contribution < -0.4 is 5.32 Å². The predicted octanol–water partition coefficient (Wildman–Crippen LogP) is 1.59. The van der Waals surface area contributed by atoms with E-state index in [2.05, 4.69) is 10.3 Å². The minimum atomic E-state index is -0.466. The maximum atomic E-state index is 10.5. The van der Waals surface area contributed by atoms with Crippen LogP contribution in [-0.2, 0) is 4.79 Å². The second kappa shape index (κ2) is 5.96. The summed E-state index contributed by atoms with van der Waals surface area (Å²) in [6.07, 6.45) is 5.43. The number of carbonyl (C=O) groups is 1.